The SMILES string of the molecule is O=c1ccc(-c2ccccc2)nn1Cc1ccc(Cl)c(Cl)c1. The van der Waals surface area contributed by atoms with E-state index in [9.17, 15) is 4.79 Å². The van der Waals surface area contributed by atoms with Gasteiger partial charge in [0.05, 0.1) is 22.3 Å². The van der Waals surface area contributed by atoms with Crippen LogP contribution in [-0.4, -0.2) is 9.78 Å². The molecule has 0 atom stereocenters. The smallest absolute Gasteiger partial charge is 0.267 e. The van der Waals surface area contributed by atoms with E-state index in [0.717, 1.165) is 16.8 Å². The highest BCUT2D eigenvalue weighted by Crippen LogP contribution is 2.23. The molecule has 3 aromatic rings. The van der Waals surface area contributed by atoms with Gasteiger partial charge in [-0.1, -0.05) is 59.6 Å². The Morgan fingerprint density at radius 1 is 0.909 bits per heavy atom. The minimum atomic E-state index is -0.161. The van der Waals surface area contributed by atoms with Crippen LogP contribution < -0.4 is 5.56 Å². The molecule has 2 aromatic carbocycles. The lowest BCUT2D eigenvalue weighted by atomic mass is 10.1. The first-order valence-corrected chi connectivity index (χ1v) is 7.46. The van der Waals surface area contributed by atoms with Gasteiger partial charge < -0.3 is 0 Å². The van der Waals surface area contributed by atoms with E-state index >= 15 is 0 Å². The van der Waals surface area contributed by atoms with E-state index in [0.29, 0.717) is 16.6 Å². The van der Waals surface area contributed by atoms with Crippen LogP contribution in [0.25, 0.3) is 11.3 Å². The van der Waals surface area contributed by atoms with Gasteiger partial charge in [0.2, 0.25) is 0 Å². The molecule has 0 unspecified atom stereocenters. The van der Waals surface area contributed by atoms with Crippen LogP contribution in [0.2, 0.25) is 10.0 Å². The Bertz CT molecular complexity index is 860. The van der Waals surface area contributed by atoms with Crippen molar-refractivity contribution >= 4 is 23.2 Å². The molecule has 0 saturated heterocycles. The molecule has 22 heavy (non-hydrogen) atoms. The van der Waals surface area contributed by atoms with Gasteiger partial charge in [-0.2, -0.15) is 5.10 Å². The summed E-state index contributed by atoms with van der Waals surface area (Å²) >= 11 is 11.9. The molecule has 5 heteroatoms. The zero-order valence-corrected chi connectivity index (χ0v) is 13.1. The highest BCUT2D eigenvalue weighted by atomic mass is 35.5. The standard InChI is InChI=1S/C17H12Cl2N2O/c18-14-7-6-12(10-15(14)19)11-21-17(22)9-8-16(20-21)13-4-2-1-3-5-13/h1-10H,11H2. The Balaban J connectivity index is 1.96. The molecule has 3 nitrogen and oxygen atoms in total. The first kappa shape index (κ1) is 14.8. The largest absolute Gasteiger partial charge is 0.268 e. The maximum Gasteiger partial charge on any atom is 0.267 e. The summed E-state index contributed by atoms with van der Waals surface area (Å²) in [5.41, 5.74) is 2.42. The van der Waals surface area contributed by atoms with Gasteiger partial charge in [0.15, 0.2) is 0 Å². The molecule has 1 heterocycles. The van der Waals surface area contributed by atoms with Crippen molar-refractivity contribution in [3.63, 3.8) is 0 Å². The molecule has 0 radical (unpaired) electrons. The average molecular weight is 331 g/mol. The number of hydrogen-bond donors (Lipinski definition) is 0. The summed E-state index contributed by atoms with van der Waals surface area (Å²) < 4.78 is 1.42. The van der Waals surface area contributed by atoms with Crippen molar-refractivity contribution in [2.24, 2.45) is 0 Å². The van der Waals surface area contributed by atoms with Crippen molar-refractivity contribution in [3.8, 4) is 11.3 Å². The number of halogens is 2. The summed E-state index contributed by atoms with van der Waals surface area (Å²) in [6.45, 7) is 0.344. The van der Waals surface area contributed by atoms with E-state index in [1.807, 2.05) is 36.4 Å². The Hall–Kier alpha value is -2.10. The third-order valence-corrected chi connectivity index (χ3v) is 3.99. The third kappa shape index (κ3) is 3.21. The molecule has 0 amide bonds. The highest BCUT2D eigenvalue weighted by molar-refractivity contribution is 6.42. The van der Waals surface area contributed by atoms with Crippen molar-refractivity contribution in [2.75, 3.05) is 0 Å². The summed E-state index contributed by atoms with van der Waals surface area (Å²) in [4.78, 5) is 12.0. The second-order valence-corrected chi connectivity index (χ2v) is 5.64. The second-order valence-electron chi connectivity index (χ2n) is 4.83. The van der Waals surface area contributed by atoms with Crippen molar-refractivity contribution in [1.29, 1.82) is 0 Å². The molecule has 0 bridgehead atoms. The summed E-state index contributed by atoms with van der Waals surface area (Å²) in [5, 5.41) is 5.37. The van der Waals surface area contributed by atoms with Crippen LogP contribution >= 0.6 is 23.2 Å². The highest BCUT2D eigenvalue weighted by Gasteiger charge is 2.05. The summed E-state index contributed by atoms with van der Waals surface area (Å²) in [5.74, 6) is 0. The molecular formula is C17H12Cl2N2O. The molecule has 0 saturated carbocycles. The van der Waals surface area contributed by atoms with E-state index in [1.165, 1.54) is 10.7 Å². The van der Waals surface area contributed by atoms with Crippen molar-refractivity contribution in [2.45, 2.75) is 6.54 Å². The van der Waals surface area contributed by atoms with Crippen LogP contribution in [0.3, 0.4) is 0 Å². The number of benzene rings is 2. The fourth-order valence-corrected chi connectivity index (χ4v) is 2.46. The minimum Gasteiger partial charge on any atom is -0.268 e. The van der Waals surface area contributed by atoms with Crippen LogP contribution in [0, 0.1) is 0 Å². The van der Waals surface area contributed by atoms with Gasteiger partial charge in [-0.05, 0) is 23.8 Å². The van der Waals surface area contributed by atoms with E-state index < -0.39 is 0 Å². The minimum absolute atomic E-state index is 0.161. The normalized spacial score (nSPS) is 10.6. The fraction of sp³-hybridized carbons (Fsp3) is 0.0588. The van der Waals surface area contributed by atoms with Crippen LogP contribution in [0.5, 0.6) is 0 Å². The first-order chi connectivity index (χ1) is 10.6. The molecule has 110 valence electrons. The first-order valence-electron chi connectivity index (χ1n) is 6.71. The van der Waals surface area contributed by atoms with Crippen LogP contribution in [0.4, 0.5) is 0 Å². The topological polar surface area (TPSA) is 34.9 Å². The predicted molar refractivity (Wildman–Crippen MR) is 89.5 cm³/mol. The fourth-order valence-electron chi connectivity index (χ4n) is 2.14. The van der Waals surface area contributed by atoms with Gasteiger partial charge in [-0.25, -0.2) is 4.68 Å². The number of rotatable bonds is 3. The van der Waals surface area contributed by atoms with Gasteiger partial charge in [-0.3, -0.25) is 4.79 Å². The molecule has 1 aromatic heterocycles. The van der Waals surface area contributed by atoms with Gasteiger partial charge in [0.25, 0.3) is 5.56 Å². The third-order valence-electron chi connectivity index (χ3n) is 3.25. The summed E-state index contributed by atoms with van der Waals surface area (Å²) in [6, 6.07) is 18.3. The Labute approximate surface area is 137 Å². The van der Waals surface area contributed by atoms with Crippen LogP contribution in [-0.2, 0) is 6.54 Å². The van der Waals surface area contributed by atoms with E-state index in [4.69, 9.17) is 23.2 Å². The number of nitrogens with zero attached hydrogens (tertiary/aromatic N) is 2. The van der Waals surface area contributed by atoms with Gasteiger partial charge in [0, 0.05) is 11.6 Å². The number of hydrogen-bond acceptors (Lipinski definition) is 2. The molecule has 0 aliphatic heterocycles. The summed E-state index contributed by atoms with van der Waals surface area (Å²) in [7, 11) is 0. The van der Waals surface area contributed by atoms with Crippen LogP contribution in [0.15, 0.2) is 65.5 Å². The monoisotopic (exact) mass is 330 g/mol. The Morgan fingerprint density at radius 3 is 2.41 bits per heavy atom. The maximum atomic E-state index is 12.0. The lowest BCUT2D eigenvalue weighted by Gasteiger charge is -2.08. The van der Waals surface area contributed by atoms with Crippen LogP contribution in [0.1, 0.15) is 5.56 Å². The molecule has 0 fully saturated rings. The molecule has 0 N–H and O–H groups in total. The van der Waals surface area contributed by atoms with E-state index in [2.05, 4.69) is 5.10 Å². The molecule has 0 aliphatic rings. The lowest BCUT2D eigenvalue weighted by Crippen LogP contribution is -2.22. The van der Waals surface area contributed by atoms with Gasteiger partial charge in [-0.15, -0.1) is 0 Å². The zero-order chi connectivity index (χ0) is 15.5. The molecular weight excluding hydrogens is 319 g/mol. The Kier molecular flexibility index (Phi) is 4.27. The molecule has 0 spiro atoms. The molecule has 3 rings (SSSR count). The van der Waals surface area contributed by atoms with Gasteiger partial charge >= 0.3 is 0 Å². The molecule has 0 aliphatic carbocycles. The van der Waals surface area contributed by atoms with Crippen molar-refractivity contribution < 1.29 is 0 Å². The van der Waals surface area contributed by atoms with Crippen molar-refractivity contribution in [3.05, 3.63) is 86.6 Å². The second kappa shape index (κ2) is 6.34. The van der Waals surface area contributed by atoms with E-state index in [1.54, 1.807) is 18.2 Å². The summed E-state index contributed by atoms with van der Waals surface area (Å²) in [6.07, 6.45) is 0. The predicted octanol–water partition coefficient (Wildman–Crippen LogP) is 4.27. The van der Waals surface area contributed by atoms with E-state index in [-0.39, 0.29) is 5.56 Å². The number of aromatic nitrogens is 2. The maximum absolute atomic E-state index is 12.0. The van der Waals surface area contributed by atoms with Gasteiger partial charge in [0.1, 0.15) is 0 Å². The Morgan fingerprint density at radius 2 is 1.68 bits per heavy atom. The lowest BCUT2D eigenvalue weighted by molar-refractivity contribution is 0.643. The average Bonchev–Trinajstić information content (AvgIpc) is 2.54. The quantitative estimate of drug-likeness (QED) is 0.718. The zero-order valence-electron chi connectivity index (χ0n) is 11.5. The van der Waals surface area contributed by atoms with Crippen molar-refractivity contribution in [1.82, 2.24) is 9.78 Å².